The molecule has 1 heterocycles. The smallest absolute Gasteiger partial charge is 0.244 e. The van der Waals surface area contributed by atoms with E-state index in [4.69, 9.17) is 4.74 Å². The Kier molecular flexibility index (Phi) is 5.66. The molecule has 2 rings (SSSR count). The number of amides is 1. The molecule has 21 heavy (non-hydrogen) atoms. The van der Waals surface area contributed by atoms with Crippen LogP contribution in [0.15, 0.2) is 42.5 Å². The van der Waals surface area contributed by atoms with Crippen LogP contribution in [0.1, 0.15) is 4.88 Å². The number of carbonyl (C=O) groups excluding carboxylic acids is 1. The molecule has 0 unspecified atom stereocenters. The van der Waals surface area contributed by atoms with Gasteiger partial charge in [-0.05, 0) is 24.3 Å². The molecule has 0 bridgehead atoms. The highest BCUT2D eigenvalue weighted by Crippen LogP contribution is 2.30. The van der Waals surface area contributed by atoms with E-state index >= 15 is 0 Å². The molecular formula is C16H16FNO2S. The first kappa shape index (κ1) is 15.4. The molecule has 1 amide bonds. The van der Waals surface area contributed by atoms with Gasteiger partial charge in [-0.15, -0.1) is 11.3 Å². The van der Waals surface area contributed by atoms with Gasteiger partial charge in [0.05, 0.1) is 6.61 Å². The van der Waals surface area contributed by atoms with Crippen molar-refractivity contribution in [3.63, 3.8) is 0 Å². The molecular weight excluding hydrogens is 289 g/mol. The van der Waals surface area contributed by atoms with Crippen molar-refractivity contribution in [3.8, 4) is 10.4 Å². The summed E-state index contributed by atoms with van der Waals surface area (Å²) in [5.41, 5.74) is 0.576. The molecule has 0 atom stereocenters. The highest BCUT2D eigenvalue weighted by molar-refractivity contribution is 7.16. The Morgan fingerprint density at radius 3 is 2.90 bits per heavy atom. The highest BCUT2D eigenvalue weighted by Gasteiger charge is 2.06. The minimum Gasteiger partial charge on any atom is -0.383 e. The van der Waals surface area contributed by atoms with Crippen molar-refractivity contribution >= 4 is 23.3 Å². The molecule has 0 saturated heterocycles. The van der Waals surface area contributed by atoms with Crippen LogP contribution in [0.2, 0.25) is 0 Å². The van der Waals surface area contributed by atoms with Crippen molar-refractivity contribution in [1.82, 2.24) is 5.32 Å². The number of halogens is 1. The predicted octanol–water partition coefficient (Wildman–Crippen LogP) is 3.33. The van der Waals surface area contributed by atoms with E-state index in [-0.39, 0.29) is 11.7 Å². The Hall–Kier alpha value is -1.98. The average Bonchev–Trinajstić information content (AvgIpc) is 2.94. The van der Waals surface area contributed by atoms with Crippen molar-refractivity contribution in [2.24, 2.45) is 0 Å². The zero-order valence-electron chi connectivity index (χ0n) is 11.6. The Bertz CT molecular complexity index is 637. The fourth-order valence-corrected chi connectivity index (χ4v) is 2.68. The molecule has 0 spiro atoms. The predicted molar refractivity (Wildman–Crippen MR) is 83.6 cm³/mol. The van der Waals surface area contributed by atoms with Crippen molar-refractivity contribution in [2.45, 2.75) is 0 Å². The lowest BCUT2D eigenvalue weighted by Crippen LogP contribution is -2.24. The van der Waals surface area contributed by atoms with E-state index in [2.05, 4.69) is 5.32 Å². The number of hydrogen-bond acceptors (Lipinski definition) is 3. The number of rotatable bonds is 6. The standard InChI is InChI=1S/C16H16FNO2S/c1-20-11-10-18-16(19)9-7-12-6-8-15(21-12)13-4-2-3-5-14(13)17/h2-9H,10-11H2,1H3,(H,18,19)/b9-7+. The van der Waals surface area contributed by atoms with E-state index in [0.29, 0.717) is 18.7 Å². The SMILES string of the molecule is COCCNC(=O)/C=C/c1ccc(-c2ccccc2F)s1. The summed E-state index contributed by atoms with van der Waals surface area (Å²) >= 11 is 1.44. The number of carbonyl (C=O) groups is 1. The topological polar surface area (TPSA) is 38.3 Å². The second-order valence-corrected chi connectivity index (χ2v) is 5.41. The number of thiophene rings is 1. The van der Waals surface area contributed by atoms with Crippen LogP contribution < -0.4 is 5.32 Å². The van der Waals surface area contributed by atoms with E-state index in [1.807, 2.05) is 12.1 Å². The summed E-state index contributed by atoms with van der Waals surface area (Å²) < 4.78 is 18.5. The summed E-state index contributed by atoms with van der Waals surface area (Å²) in [5.74, 6) is -0.417. The number of hydrogen-bond donors (Lipinski definition) is 1. The molecule has 3 nitrogen and oxygen atoms in total. The second kappa shape index (κ2) is 7.71. The van der Waals surface area contributed by atoms with Gasteiger partial charge >= 0.3 is 0 Å². The van der Waals surface area contributed by atoms with Crippen LogP contribution in [-0.4, -0.2) is 26.2 Å². The summed E-state index contributed by atoms with van der Waals surface area (Å²) in [6.45, 7) is 0.959. The van der Waals surface area contributed by atoms with E-state index in [1.165, 1.54) is 23.5 Å². The molecule has 2 aromatic rings. The molecule has 110 valence electrons. The minimum atomic E-state index is -0.243. The van der Waals surface area contributed by atoms with E-state index in [0.717, 1.165) is 9.75 Å². The molecule has 1 aromatic heterocycles. The summed E-state index contributed by atoms with van der Waals surface area (Å²) in [6.07, 6.45) is 3.18. The maximum atomic E-state index is 13.7. The van der Waals surface area contributed by atoms with Gasteiger partial charge in [-0.2, -0.15) is 0 Å². The number of benzene rings is 1. The fraction of sp³-hybridized carbons (Fsp3) is 0.188. The molecule has 0 saturated carbocycles. The van der Waals surface area contributed by atoms with Crippen LogP contribution >= 0.6 is 11.3 Å². The molecule has 0 aliphatic heterocycles. The lowest BCUT2D eigenvalue weighted by atomic mass is 10.2. The van der Waals surface area contributed by atoms with Gasteiger partial charge in [-0.3, -0.25) is 4.79 Å². The number of methoxy groups -OCH3 is 1. The average molecular weight is 305 g/mol. The molecule has 5 heteroatoms. The van der Waals surface area contributed by atoms with Crippen molar-refractivity contribution in [1.29, 1.82) is 0 Å². The monoisotopic (exact) mass is 305 g/mol. The summed E-state index contributed by atoms with van der Waals surface area (Å²) in [6, 6.07) is 10.4. The van der Waals surface area contributed by atoms with E-state index < -0.39 is 0 Å². The summed E-state index contributed by atoms with van der Waals surface area (Å²) in [7, 11) is 1.58. The van der Waals surface area contributed by atoms with Gasteiger partial charge in [0, 0.05) is 35.0 Å². The first-order chi connectivity index (χ1) is 10.2. The highest BCUT2D eigenvalue weighted by atomic mass is 32.1. The zero-order chi connectivity index (χ0) is 15.1. The molecule has 0 aliphatic rings. The van der Waals surface area contributed by atoms with Crippen LogP contribution in [0, 0.1) is 5.82 Å². The summed E-state index contributed by atoms with van der Waals surface area (Å²) in [4.78, 5) is 13.3. The maximum absolute atomic E-state index is 13.7. The van der Waals surface area contributed by atoms with Crippen LogP contribution in [0.4, 0.5) is 4.39 Å². The lowest BCUT2D eigenvalue weighted by Gasteiger charge is -1.99. The fourth-order valence-electron chi connectivity index (χ4n) is 1.74. The third-order valence-corrected chi connectivity index (χ3v) is 3.85. The molecule has 0 radical (unpaired) electrons. The van der Waals surface area contributed by atoms with Crippen LogP contribution in [-0.2, 0) is 9.53 Å². The van der Waals surface area contributed by atoms with Gasteiger partial charge in [0.2, 0.25) is 5.91 Å². The maximum Gasteiger partial charge on any atom is 0.244 e. The third-order valence-electron chi connectivity index (χ3n) is 2.77. The van der Waals surface area contributed by atoms with E-state index in [9.17, 15) is 9.18 Å². The molecule has 1 aromatic carbocycles. The van der Waals surface area contributed by atoms with Crippen LogP contribution in [0.5, 0.6) is 0 Å². The molecule has 1 N–H and O–H groups in total. The Morgan fingerprint density at radius 2 is 2.14 bits per heavy atom. The molecule has 0 aliphatic carbocycles. The van der Waals surface area contributed by atoms with Crippen molar-refractivity contribution in [2.75, 3.05) is 20.3 Å². The quantitative estimate of drug-likeness (QED) is 0.656. The van der Waals surface area contributed by atoms with E-state index in [1.54, 1.807) is 31.4 Å². The minimum absolute atomic E-state index is 0.173. The molecule has 0 fully saturated rings. The van der Waals surface area contributed by atoms with Crippen LogP contribution in [0.25, 0.3) is 16.5 Å². The van der Waals surface area contributed by atoms with Gasteiger partial charge < -0.3 is 10.1 Å². The largest absolute Gasteiger partial charge is 0.383 e. The van der Waals surface area contributed by atoms with Gasteiger partial charge in [0.1, 0.15) is 5.82 Å². The Morgan fingerprint density at radius 1 is 1.33 bits per heavy atom. The first-order valence-corrected chi connectivity index (χ1v) is 7.32. The second-order valence-electron chi connectivity index (χ2n) is 4.30. The normalized spacial score (nSPS) is 11.0. The van der Waals surface area contributed by atoms with Crippen molar-refractivity contribution < 1.29 is 13.9 Å². The van der Waals surface area contributed by atoms with Gasteiger partial charge in [0.15, 0.2) is 0 Å². The number of nitrogens with one attached hydrogen (secondary N) is 1. The van der Waals surface area contributed by atoms with Crippen molar-refractivity contribution in [3.05, 3.63) is 53.2 Å². The number of ether oxygens (including phenoxy) is 1. The summed E-state index contributed by atoms with van der Waals surface area (Å²) in [5, 5.41) is 2.70. The van der Waals surface area contributed by atoms with Crippen LogP contribution in [0.3, 0.4) is 0 Å². The Labute approximate surface area is 127 Å². The van der Waals surface area contributed by atoms with Gasteiger partial charge in [-0.25, -0.2) is 4.39 Å². The third kappa shape index (κ3) is 4.51. The first-order valence-electron chi connectivity index (χ1n) is 6.50. The van der Waals surface area contributed by atoms with Gasteiger partial charge in [-0.1, -0.05) is 18.2 Å². The lowest BCUT2D eigenvalue weighted by molar-refractivity contribution is -0.116. The van der Waals surface area contributed by atoms with Gasteiger partial charge in [0.25, 0.3) is 0 Å². The zero-order valence-corrected chi connectivity index (χ0v) is 12.5. The Balaban J connectivity index is 2.00.